The number of aromatic nitrogens is 2. The lowest BCUT2D eigenvalue weighted by atomic mass is 10.2. The molecule has 0 saturated heterocycles. The zero-order valence-corrected chi connectivity index (χ0v) is 12.1. The van der Waals surface area contributed by atoms with E-state index < -0.39 is 0 Å². The molecule has 3 N–H and O–H groups in total. The molecule has 0 aliphatic rings. The summed E-state index contributed by atoms with van der Waals surface area (Å²) in [6.07, 6.45) is 0. The average Bonchev–Trinajstić information content (AvgIpc) is 2.38. The summed E-state index contributed by atoms with van der Waals surface area (Å²) < 4.78 is 5.49. The number of benzene rings is 2. The van der Waals surface area contributed by atoms with Gasteiger partial charge in [0.2, 0.25) is 0 Å². The van der Waals surface area contributed by atoms with Gasteiger partial charge in [-0.2, -0.15) is 4.98 Å². The second kappa shape index (κ2) is 5.27. The fraction of sp³-hybridized carbons (Fsp3) is 0. The van der Waals surface area contributed by atoms with Gasteiger partial charge in [-0.3, -0.25) is 9.78 Å². The maximum atomic E-state index is 12.0. The van der Waals surface area contributed by atoms with Crippen molar-refractivity contribution in [2.24, 2.45) is 0 Å². The van der Waals surface area contributed by atoms with E-state index in [1.165, 1.54) is 0 Å². The number of nitrogens with one attached hydrogen (secondary N) is 1. The minimum atomic E-state index is -0.338. The van der Waals surface area contributed by atoms with Crippen LogP contribution in [0.25, 0.3) is 10.9 Å². The quantitative estimate of drug-likeness (QED) is 0.706. The van der Waals surface area contributed by atoms with E-state index in [-0.39, 0.29) is 11.6 Å². The number of rotatable bonds is 2. The van der Waals surface area contributed by atoms with Gasteiger partial charge in [0.05, 0.1) is 10.9 Å². The van der Waals surface area contributed by atoms with Crippen LogP contribution in [0.15, 0.2) is 41.2 Å². The van der Waals surface area contributed by atoms with Gasteiger partial charge < -0.3 is 10.5 Å². The molecule has 106 valence electrons. The van der Waals surface area contributed by atoms with Gasteiger partial charge in [0.25, 0.3) is 5.56 Å². The van der Waals surface area contributed by atoms with Gasteiger partial charge in [-0.1, -0.05) is 23.2 Å². The van der Waals surface area contributed by atoms with E-state index in [9.17, 15) is 4.79 Å². The van der Waals surface area contributed by atoms with Crippen LogP contribution in [-0.4, -0.2) is 9.97 Å². The lowest BCUT2D eigenvalue weighted by Crippen LogP contribution is -2.09. The summed E-state index contributed by atoms with van der Waals surface area (Å²) >= 11 is 11.8. The van der Waals surface area contributed by atoms with Gasteiger partial charge in [-0.25, -0.2) is 0 Å². The van der Waals surface area contributed by atoms with Gasteiger partial charge in [-0.15, -0.1) is 0 Å². The number of aromatic amines is 1. The highest BCUT2D eigenvalue weighted by molar-refractivity contribution is 6.34. The molecule has 1 aromatic heterocycles. The molecule has 0 bridgehead atoms. The first-order valence-electron chi connectivity index (χ1n) is 5.95. The first-order valence-corrected chi connectivity index (χ1v) is 6.70. The van der Waals surface area contributed by atoms with Gasteiger partial charge in [0.1, 0.15) is 5.75 Å². The summed E-state index contributed by atoms with van der Waals surface area (Å²) in [5.74, 6) is 0.380. The number of nitrogens with two attached hydrogens (primary N) is 1. The summed E-state index contributed by atoms with van der Waals surface area (Å²) in [5, 5.41) is 1.24. The Morgan fingerprint density at radius 1 is 1.10 bits per heavy atom. The van der Waals surface area contributed by atoms with E-state index in [0.717, 1.165) is 0 Å². The summed E-state index contributed by atoms with van der Waals surface area (Å²) in [4.78, 5) is 18.7. The summed E-state index contributed by atoms with van der Waals surface area (Å²) in [6.45, 7) is 0. The van der Waals surface area contributed by atoms with Crippen LogP contribution in [0.2, 0.25) is 10.0 Å². The Hall–Kier alpha value is -2.24. The van der Waals surface area contributed by atoms with E-state index in [4.69, 9.17) is 33.7 Å². The Kier molecular flexibility index (Phi) is 3.45. The predicted molar refractivity (Wildman–Crippen MR) is 83.3 cm³/mol. The molecule has 0 aliphatic heterocycles. The third-order valence-corrected chi connectivity index (χ3v) is 3.19. The molecule has 5 nitrogen and oxygen atoms in total. The SMILES string of the molecule is Nc1ccc2nc(Oc3cc(Cl)cc(Cl)c3)[nH]c(=O)c2c1. The third kappa shape index (κ3) is 2.94. The smallest absolute Gasteiger partial charge is 0.302 e. The number of nitrogens with zero attached hydrogens (tertiary/aromatic N) is 1. The standard InChI is InChI=1S/C14H9Cl2N3O2/c15-7-3-8(16)5-10(4-7)21-14-18-12-2-1-9(17)6-11(12)13(20)19-14/h1-6H,17H2,(H,18,19,20). The largest absolute Gasteiger partial charge is 0.425 e. The van der Waals surface area contributed by atoms with E-state index in [1.807, 2.05) is 0 Å². The number of anilines is 1. The topological polar surface area (TPSA) is 81.0 Å². The summed E-state index contributed by atoms with van der Waals surface area (Å²) in [7, 11) is 0. The van der Waals surface area contributed by atoms with Gasteiger partial charge >= 0.3 is 6.01 Å². The highest BCUT2D eigenvalue weighted by atomic mass is 35.5. The molecule has 0 amide bonds. The summed E-state index contributed by atoms with van der Waals surface area (Å²) in [6, 6.07) is 9.64. The van der Waals surface area contributed by atoms with Crippen molar-refractivity contribution in [2.75, 3.05) is 5.73 Å². The lowest BCUT2D eigenvalue weighted by Gasteiger charge is -2.06. The van der Waals surface area contributed by atoms with Gasteiger partial charge in [0, 0.05) is 15.7 Å². The van der Waals surface area contributed by atoms with Crippen molar-refractivity contribution in [3.63, 3.8) is 0 Å². The van der Waals surface area contributed by atoms with Crippen LogP contribution in [0.5, 0.6) is 11.8 Å². The minimum Gasteiger partial charge on any atom is -0.425 e. The molecule has 1 heterocycles. The van der Waals surface area contributed by atoms with Crippen LogP contribution in [-0.2, 0) is 0 Å². The van der Waals surface area contributed by atoms with Gasteiger partial charge in [0.15, 0.2) is 0 Å². The predicted octanol–water partition coefficient (Wildman–Crippen LogP) is 3.60. The number of halogens is 2. The number of ether oxygens (including phenoxy) is 1. The number of nitrogen functional groups attached to an aromatic ring is 1. The number of H-pyrrole nitrogens is 1. The molecular weight excluding hydrogens is 313 g/mol. The Bertz CT molecular complexity index is 873. The van der Waals surface area contributed by atoms with E-state index in [0.29, 0.717) is 32.4 Å². The number of hydrogen-bond donors (Lipinski definition) is 2. The Labute approximate surface area is 129 Å². The highest BCUT2D eigenvalue weighted by Crippen LogP contribution is 2.27. The van der Waals surface area contributed by atoms with Crippen molar-refractivity contribution in [3.8, 4) is 11.8 Å². The zero-order chi connectivity index (χ0) is 15.0. The molecule has 0 radical (unpaired) electrons. The highest BCUT2D eigenvalue weighted by Gasteiger charge is 2.07. The van der Waals surface area contributed by atoms with Crippen LogP contribution in [0.1, 0.15) is 0 Å². The molecule has 0 aliphatic carbocycles. The number of hydrogen-bond acceptors (Lipinski definition) is 4. The molecule has 0 fully saturated rings. The molecule has 3 aromatic rings. The minimum absolute atomic E-state index is 0.0515. The van der Waals surface area contributed by atoms with E-state index in [1.54, 1.807) is 36.4 Å². The average molecular weight is 322 g/mol. The second-order valence-electron chi connectivity index (χ2n) is 4.35. The molecule has 0 saturated carbocycles. The van der Waals surface area contributed by atoms with Gasteiger partial charge in [-0.05, 0) is 36.4 Å². The molecule has 21 heavy (non-hydrogen) atoms. The first-order chi connectivity index (χ1) is 10.0. The monoisotopic (exact) mass is 321 g/mol. The fourth-order valence-electron chi connectivity index (χ4n) is 1.88. The molecule has 2 aromatic carbocycles. The Morgan fingerprint density at radius 3 is 2.52 bits per heavy atom. The molecule has 7 heteroatoms. The van der Waals surface area contributed by atoms with Crippen molar-refractivity contribution in [1.82, 2.24) is 9.97 Å². The molecule has 0 atom stereocenters. The van der Waals surface area contributed by atoms with Crippen LogP contribution in [0.3, 0.4) is 0 Å². The van der Waals surface area contributed by atoms with Crippen molar-refractivity contribution in [1.29, 1.82) is 0 Å². The van der Waals surface area contributed by atoms with E-state index in [2.05, 4.69) is 9.97 Å². The Balaban J connectivity index is 2.05. The fourth-order valence-corrected chi connectivity index (χ4v) is 2.39. The van der Waals surface area contributed by atoms with Crippen LogP contribution >= 0.6 is 23.2 Å². The van der Waals surface area contributed by atoms with E-state index >= 15 is 0 Å². The molecular formula is C14H9Cl2N3O2. The van der Waals surface area contributed by atoms with Crippen LogP contribution in [0.4, 0.5) is 5.69 Å². The third-order valence-electron chi connectivity index (χ3n) is 2.76. The zero-order valence-electron chi connectivity index (χ0n) is 10.6. The van der Waals surface area contributed by atoms with Crippen molar-refractivity contribution < 1.29 is 4.74 Å². The lowest BCUT2D eigenvalue weighted by molar-refractivity contribution is 0.443. The molecule has 0 unspecified atom stereocenters. The first kappa shape index (κ1) is 13.7. The maximum Gasteiger partial charge on any atom is 0.302 e. The second-order valence-corrected chi connectivity index (χ2v) is 5.23. The normalized spacial score (nSPS) is 10.8. The maximum absolute atomic E-state index is 12.0. The Morgan fingerprint density at radius 2 is 1.81 bits per heavy atom. The van der Waals surface area contributed by atoms with Crippen LogP contribution < -0.4 is 16.0 Å². The van der Waals surface area contributed by atoms with Crippen molar-refractivity contribution in [3.05, 3.63) is 56.8 Å². The summed E-state index contributed by atoms with van der Waals surface area (Å²) in [5.41, 5.74) is 6.28. The number of fused-ring (bicyclic) bond motifs is 1. The van der Waals surface area contributed by atoms with Crippen molar-refractivity contribution in [2.45, 2.75) is 0 Å². The van der Waals surface area contributed by atoms with Crippen LogP contribution in [0, 0.1) is 0 Å². The molecule has 0 spiro atoms. The molecule has 3 rings (SSSR count). The van der Waals surface area contributed by atoms with Crippen molar-refractivity contribution >= 4 is 39.8 Å².